The number of benzene rings is 8. The van der Waals surface area contributed by atoms with E-state index in [1.807, 2.05) is 30.5 Å². The highest BCUT2D eigenvalue weighted by atomic mass is 16.3. The minimum absolute atomic E-state index is 0.809. The molecule has 63 heavy (non-hydrogen) atoms. The van der Waals surface area contributed by atoms with Crippen molar-refractivity contribution in [3.63, 3.8) is 0 Å². The monoisotopic (exact) mass is 804 g/mol. The number of furan rings is 1. The van der Waals surface area contributed by atoms with Gasteiger partial charge in [-0.25, -0.2) is 4.98 Å². The molecule has 0 bridgehead atoms. The Kier molecular flexibility index (Phi) is 7.84. The summed E-state index contributed by atoms with van der Waals surface area (Å²) < 4.78 is 11.1. The molecule has 0 aliphatic heterocycles. The fraction of sp³-hybridized carbons (Fsp3) is 0. The van der Waals surface area contributed by atoms with Crippen LogP contribution in [-0.2, 0) is 0 Å². The summed E-state index contributed by atoms with van der Waals surface area (Å²) in [5, 5.41) is 5.83. The van der Waals surface area contributed by atoms with Gasteiger partial charge < -0.3 is 8.98 Å². The molecule has 13 aromatic rings. The molecule has 0 N–H and O–H groups in total. The van der Waals surface area contributed by atoms with Crippen molar-refractivity contribution in [1.29, 1.82) is 0 Å². The van der Waals surface area contributed by atoms with Crippen molar-refractivity contribution in [3.05, 3.63) is 219 Å². The second kappa shape index (κ2) is 14.0. The third-order valence-corrected chi connectivity index (χ3v) is 12.6. The van der Waals surface area contributed by atoms with E-state index < -0.39 is 0 Å². The first-order valence-corrected chi connectivity index (χ1v) is 21.3. The van der Waals surface area contributed by atoms with E-state index in [2.05, 4.69) is 202 Å². The van der Waals surface area contributed by atoms with Crippen molar-refractivity contribution in [2.24, 2.45) is 0 Å². The second-order valence-corrected chi connectivity index (χ2v) is 16.2. The number of pyridine rings is 2. The lowest BCUT2D eigenvalue weighted by atomic mass is 10.0. The first-order chi connectivity index (χ1) is 31.2. The summed E-state index contributed by atoms with van der Waals surface area (Å²) in [5.74, 6) is 0.883. The molecule has 0 unspecified atom stereocenters. The molecule has 0 radical (unpaired) electrons. The van der Waals surface area contributed by atoms with Crippen LogP contribution in [0.1, 0.15) is 0 Å². The molecule has 0 saturated carbocycles. The van der Waals surface area contributed by atoms with Crippen molar-refractivity contribution >= 4 is 65.7 Å². The number of fused-ring (bicyclic) bond motifs is 9. The van der Waals surface area contributed by atoms with Gasteiger partial charge in [0.1, 0.15) is 16.9 Å². The van der Waals surface area contributed by atoms with Gasteiger partial charge in [-0.05, 0) is 101 Å². The van der Waals surface area contributed by atoms with Gasteiger partial charge in [0.15, 0.2) is 5.58 Å². The number of hydrogen-bond donors (Lipinski definition) is 0. The van der Waals surface area contributed by atoms with Crippen LogP contribution in [0.3, 0.4) is 0 Å². The Morgan fingerprint density at radius 3 is 1.76 bits per heavy atom. The van der Waals surface area contributed by atoms with Gasteiger partial charge in [0.2, 0.25) is 0 Å². The molecule has 5 aromatic heterocycles. The zero-order valence-electron chi connectivity index (χ0n) is 34.0. The fourth-order valence-corrected chi connectivity index (χ4v) is 9.63. The normalized spacial score (nSPS) is 11.8. The molecule has 0 aliphatic carbocycles. The van der Waals surface area contributed by atoms with Crippen LogP contribution in [0.15, 0.2) is 223 Å². The lowest BCUT2D eigenvalue weighted by molar-refractivity contribution is 0.669. The maximum absolute atomic E-state index is 6.34. The number of hydrogen-bond acceptors (Lipinski definition) is 3. The molecule has 5 heteroatoms. The minimum Gasteiger partial charge on any atom is -0.454 e. The zero-order valence-corrected chi connectivity index (χ0v) is 34.0. The fourth-order valence-electron chi connectivity index (χ4n) is 9.63. The van der Waals surface area contributed by atoms with Gasteiger partial charge in [0.25, 0.3) is 0 Å². The highest BCUT2D eigenvalue weighted by Gasteiger charge is 2.19. The van der Waals surface area contributed by atoms with E-state index in [4.69, 9.17) is 9.40 Å². The van der Waals surface area contributed by atoms with Gasteiger partial charge in [-0.3, -0.25) is 9.55 Å². The number of para-hydroxylation sites is 3. The first kappa shape index (κ1) is 35.2. The van der Waals surface area contributed by atoms with E-state index >= 15 is 0 Å². The smallest absolute Gasteiger partial charge is 0.161 e. The topological polar surface area (TPSA) is 48.8 Å². The summed E-state index contributed by atoms with van der Waals surface area (Å²) in [6.07, 6.45) is 1.87. The summed E-state index contributed by atoms with van der Waals surface area (Å²) in [4.78, 5) is 10.1. The molecule has 8 aromatic carbocycles. The van der Waals surface area contributed by atoms with Gasteiger partial charge in [0.05, 0.1) is 27.8 Å². The lowest BCUT2D eigenvalue weighted by Crippen LogP contribution is -2.00. The predicted molar refractivity (Wildman–Crippen MR) is 260 cm³/mol. The van der Waals surface area contributed by atoms with Gasteiger partial charge in [-0.2, -0.15) is 0 Å². The lowest BCUT2D eigenvalue weighted by Gasteiger charge is -2.13. The molecule has 0 saturated heterocycles. The maximum Gasteiger partial charge on any atom is 0.161 e. The summed E-state index contributed by atoms with van der Waals surface area (Å²) >= 11 is 0. The highest BCUT2D eigenvalue weighted by molar-refractivity contribution is 6.13. The van der Waals surface area contributed by atoms with Crippen molar-refractivity contribution in [1.82, 2.24) is 19.1 Å². The van der Waals surface area contributed by atoms with Crippen LogP contribution in [0.4, 0.5) is 0 Å². The van der Waals surface area contributed by atoms with Crippen LogP contribution >= 0.6 is 0 Å². The molecule has 294 valence electrons. The van der Waals surface area contributed by atoms with E-state index in [9.17, 15) is 0 Å². The largest absolute Gasteiger partial charge is 0.454 e. The van der Waals surface area contributed by atoms with E-state index in [0.29, 0.717) is 0 Å². The van der Waals surface area contributed by atoms with E-state index in [1.54, 1.807) is 0 Å². The van der Waals surface area contributed by atoms with Crippen molar-refractivity contribution in [2.45, 2.75) is 0 Å². The van der Waals surface area contributed by atoms with Crippen molar-refractivity contribution in [3.8, 4) is 56.1 Å². The van der Waals surface area contributed by atoms with Crippen LogP contribution < -0.4 is 0 Å². The van der Waals surface area contributed by atoms with Gasteiger partial charge in [0, 0.05) is 49.9 Å². The van der Waals surface area contributed by atoms with Crippen molar-refractivity contribution < 1.29 is 4.42 Å². The standard InChI is InChI=1S/C58H36N4O/c1-3-13-37(14-4-1)42-34-50(39-15-5-2-6-16-39)60-56(36-42)62-52-21-11-7-17-45(52)47-29-25-41(35-54(47)62)40-26-30-53-49(33-40)46-18-8-10-20-51(46)61(53)43-27-23-38(24-28-43)44-31-32-59-57-48-19-9-12-22-55(48)63-58(44)57/h1-36H. The third kappa shape index (κ3) is 5.64. The third-order valence-electron chi connectivity index (χ3n) is 12.6. The Bertz CT molecular complexity index is 3840. The summed E-state index contributed by atoms with van der Waals surface area (Å²) in [6, 6.07) is 75.6. The van der Waals surface area contributed by atoms with Crippen LogP contribution in [-0.4, -0.2) is 19.1 Å². The summed E-state index contributed by atoms with van der Waals surface area (Å²) in [7, 11) is 0. The second-order valence-electron chi connectivity index (χ2n) is 16.2. The number of rotatable bonds is 6. The molecule has 0 fully saturated rings. The SMILES string of the molecule is c1ccc(-c2cc(-c3ccccc3)nc(-n3c4ccccc4c4ccc(-c5ccc6c(c5)c5ccccc5n6-c5ccc(-c6ccnc7c6oc6ccccc67)cc5)cc43)c2)cc1. The molecular weight excluding hydrogens is 769 g/mol. The van der Waals surface area contributed by atoms with Crippen LogP contribution in [0, 0.1) is 0 Å². The van der Waals surface area contributed by atoms with Crippen molar-refractivity contribution in [2.75, 3.05) is 0 Å². The number of nitrogens with zero attached hydrogens (tertiary/aromatic N) is 4. The Morgan fingerprint density at radius 2 is 0.968 bits per heavy atom. The molecule has 5 nitrogen and oxygen atoms in total. The molecule has 0 atom stereocenters. The average Bonchev–Trinajstić information content (AvgIpc) is 4.02. The van der Waals surface area contributed by atoms with E-state index in [1.165, 1.54) is 21.5 Å². The predicted octanol–water partition coefficient (Wildman–Crippen LogP) is 15.2. The molecule has 0 amide bonds. The maximum atomic E-state index is 6.34. The van der Waals surface area contributed by atoms with Gasteiger partial charge in [-0.1, -0.05) is 140 Å². The molecule has 0 spiro atoms. The molecule has 0 aliphatic rings. The van der Waals surface area contributed by atoms with Crippen LogP contribution in [0.25, 0.3) is 122 Å². The van der Waals surface area contributed by atoms with Crippen LogP contribution in [0.5, 0.6) is 0 Å². The summed E-state index contributed by atoms with van der Waals surface area (Å²) in [5.41, 5.74) is 16.9. The average molecular weight is 805 g/mol. The molecule has 5 heterocycles. The Labute approximate surface area is 362 Å². The quantitative estimate of drug-likeness (QED) is 0.168. The number of aromatic nitrogens is 4. The van der Waals surface area contributed by atoms with E-state index in [0.717, 1.165) is 100 Å². The Morgan fingerprint density at radius 1 is 0.365 bits per heavy atom. The Balaban J connectivity index is 0.946. The first-order valence-electron chi connectivity index (χ1n) is 21.3. The molecular formula is C58H36N4O. The van der Waals surface area contributed by atoms with Crippen LogP contribution in [0.2, 0.25) is 0 Å². The molecule has 13 rings (SSSR count). The van der Waals surface area contributed by atoms with Gasteiger partial charge >= 0.3 is 0 Å². The van der Waals surface area contributed by atoms with E-state index in [-0.39, 0.29) is 0 Å². The Hall–Kier alpha value is -8.54. The summed E-state index contributed by atoms with van der Waals surface area (Å²) in [6.45, 7) is 0. The highest BCUT2D eigenvalue weighted by Crippen LogP contribution is 2.40. The minimum atomic E-state index is 0.809. The zero-order chi connectivity index (χ0) is 41.4. The van der Waals surface area contributed by atoms with Gasteiger partial charge in [-0.15, -0.1) is 0 Å².